The molecule has 5 heteroatoms. The van der Waals surface area contributed by atoms with Crippen molar-refractivity contribution in [3.05, 3.63) is 12.3 Å². The molecule has 2 rings (SSSR count). The smallest absolute Gasteiger partial charge is 0.226 e. The maximum absolute atomic E-state index is 5.52. The molecule has 0 amide bonds. The lowest BCUT2D eigenvalue weighted by molar-refractivity contribution is 0.189. The minimum absolute atomic E-state index is 0.452. The maximum Gasteiger partial charge on any atom is 0.226 e. The highest BCUT2D eigenvalue weighted by Gasteiger charge is 2.23. The van der Waals surface area contributed by atoms with Crippen LogP contribution in [-0.4, -0.2) is 47.2 Å². The largest absolute Gasteiger partial charge is 0.478 e. The lowest BCUT2D eigenvalue weighted by Crippen LogP contribution is -2.42. The van der Waals surface area contributed by atoms with Gasteiger partial charge in [0.25, 0.3) is 0 Å². The van der Waals surface area contributed by atoms with Gasteiger partial charge in [0.1, 0.15) is 0 Å². The van der Waals surface area contributed by atoms with Crippen molar-refractivity contribution < 1.29 is 4.74 Å². The van der Waals surface area contributed by atoms with Crippen LogP contribution < -0.4 is 10.1 Å². The van der Waals surface area contributed by atoms with Gasteiger partial charge in [-0.25, -0.2) is 4.98 Å². The second-order valence-electron chi connectivity index (χ2n) is 5.26. The van der Waals surface area contributed by atoms with Gasteiger partial charge in [0.2, 0.25) is 11.8 Å². The normalized spacial score (nSPS) is 24.2. The molecule has 1 aliphatic heterocycles. The van der Waals surface area contributed by atoms with E-state index in [1.54, 1.807) is 12.3 Å². The Hall–Kier alpha value is -1.36. The van der Waals surface area contributed by atoms with E-state index in [1.165, 1.54) is 0 Å². The van der Waals surface area contributed by atoms with Gasteiger partial charge in [-0.05, 0) is 33.2 Å². The highest BCUT2D eigenvalue weighted by atomic mass is 16.5. The Morgan fingerprint density at radius 2 is 2.37 bits per heavy atom. The van der Waals surface area contributed by atoms with Gasteiger partial charge in [-0.15, -0.1) is 0 Å². The summed E-state index contributed by atoms with van der Waals surface area (Å²) in [5.74, 6) is 1.33. The summed E-state index contributed by atoms with van der Waals surface area (Å²) in [5.41, 5.74) is 0. The molecule has 1 aromatic rings. The number of ether oxygens (including phenoxy) is 1. The van der Waals surface area contributed by atoms with Gasteiger partial charge in [0.05, 0.1) is 6.61 Å². The van der Waals surface area contributed by atoms with Crippen LogP contribution in [0.2, 0.25) is 0 Å². The molecule has 19 heavy (non-hydrogen) atoms. The third-order valence-corrected chi connectivity index (χ3v) is 3.63. The third kappa shape index (κ3) is 4.06. The molecule has 1 fully saturated rings. The summed E-state index contributed by atoms with van der Waals surface area (Å²) < 4.78 is 5.52. The van der Waals surface area contributed by atoms with E-state index in [0.717, 1.165) is 25.8 Å². The van der Waals surface area contributed by atoms with Gasteiger partial charge in [-0.3, -0.25) is 0 Å². The van der Waals surface area contributed by atoms with Crippen molar-refractivity contribution in [1.82, 2.24) is 14.9 Å². The number of hydrogen-bond acceptors (Lipinski definition) is 5. The van der Waals surface area contributed by atoms with Gasteiger partial charge < -0.3 is 15.0 Å². The average molecular weight is 264 g/mol. The van der Waals surface area contributed by atoms with E-state index in [1.807, 2.05) is 0 Å². The number of rotatable bonds is 5. The minimum atomic E-state index is 0.452. The fourth-order valence-corrected chi connectivity index (χ4v) is 2.30. The summed E-state index contributed by atoms with van der Waals surface area (Å²) in [6.07, 6.45) is 4.99. The van der Waals surface area contributed by atoms with Crippen LogP contribution in [0, 0.1) is 0 Å². The first-order valence-corrected chi connectivity index (χ1v) is 7.11. The van der Waals surface area contributed by atoms with Crippen molar-refractivity contribution in [2.75, 3.05) is 25.5 Å². The van der Waals surface area contributed by atoms with Crippen molar-refractivity contribution in [3.63, 3.8) is 0 Å². The first-order valence-electron chi connectivity index (χ1n) is 7.11. The SMILES string of the molecule is CCCOc1ccnc(NC2CCN(C)C(C)C2)n1. The Morgan fingerprint density at radius 1 is 1.53 bits per heavy atom. The fourth-order valence-electron chi connectivity index (χ4n) is 2.30. The highest BCUT2D eigenvalue weighted by Crippen LogP contribution is 2.19. The molecular weight excluding hydrogens is 240 g/mol. The molecule has 1 saturated heterocycles. The van der Waals surface area contributed by atoms with Crippen LogP contribution >= 0.6 is 0 Å². The first kappa shape index (κ1) is 14.1. The molecule has 1 N–H and O–H groups in total. The van der Waals surface area contributed by atoms with Crippen LogP contribution in [-0.2, 0) is 0 Å². The monoisotopic (exact) mass is 264 g/mol. The Bertz CT molecular complexity index is 399. The lowest BCUT2D eigenvalue weighted by atomic mass is 9.99. The molecule has 0 bridgehead atoms. The number of hydrogen-bond donors (Lipinski definition) is 1. The Balaban J connectivity index is 1.91. The predicted molar refractivity (Wildman–Crippen MR) is 76.6 cm³/mol. The molecule has 106 valence electrons. The summed E-state index contributed by atoms with van der Waals surface area (Å²) in [5, 5.41) is 3.42. The zero-order valence-electron chi connectivity index (χ0n) is 12.1. The van der Waals surface area contributed by atoms with Crippen molar-refractivity contribution in [3.8, 4) is 5.88 Å². The van der Waals surface area contributed by atoms with E-state index >= 15 is 0 Å². The number of nitrogens with zero attached hydrogens (tertiary/aromatic N) is 3. The van der Waals surface area contributed by atoms with E-state index in [9.17, 15) is 0 Å². The quantitative estimate of drug-likeness (QED) is 0.883. The zero-order valence-corrected chi connectivity index (χ0v) is 12.1. The minimum Gasteiger partial charge on any atom is -0.478 e. The molecule has 0 saturated carbocycles. The number of likely N-dealkylation sites (tertiary alicyclic amines) is 1. The molecule has 2 unspecified atom stereocenters. The topological polar surface area (TPSA) is 50.3 Å². The van der Waals surface area contributed by atoms with E-state index in [-0.39, 0.29) is 0 Å². The Morgan fingerprint density at radius 3 is 3.11 bits per heavy atom. The van der Waals surface area contributed by atoms with Crippen LogP contribution in [0.3, 0.4) is 0 Å². The van der Waals surface area contributed by atoms with Gasteiger partial charge in [-0.2, -0.15) is 4.98 Å². The van der Waals surface area contributed by atoms with E-state index in [4.69, 9.17) is 4.74 Å². The van der Waals surface area contributed by atoms with Crippen molar-refractivity contribution in [1.29, 1.82) is 0 Å². The predicted octanol–water partition coefficient (Wildman–Crippen LogP) is 2.16. The van der Waals surface area contributed by atoms with Crippen LogP contribution in [0.4, 0.5) is 5.95 Å². The molecule has 0 radical (unpaired) electrons. The van der Waals surface area contributed by atoms with Crippen molar-refractivity contribution >= 4 is 5.95 Å². The number of piperidine rings is 1. The summed E-state index contributed by atoms with van der Waals surface area (Å²) >= 11 is 0. The van der Waals surface area contributed by atoms with E-state index in [0.29, 0.717) is 30.5 Å². The van der Waals surface area contributed by atoms with Gasteiger partial charge >= 0.3 is 0 Å². The second-order valence-corrected chi connectivity index (χ2v) is 5.26. The lowest BCUT2D eigenvalue weighted by Gasteiger charge is -2.35. The highest BCUT2D eigenvalue weighted by molar-refractivity contribution is 5.29. The van der Waals surface area contributed by atoms with E-state index in [2.05, 4.69) is 41.1 Å². The van der Waals surface area contributed by atoms with Gasteiger partial charge in [0.15, 0.2) is 0 Å². The van der Waals surface area contributed by atoms with Crippen LogP contribution in [0.15, 0.2) is 12.3 Å². The van der Waals surface area contributed by atoms with Crippen molar-refractivity contribution in [2.45, 2.75) is 45.2 Å². The molecule has 1 aliphatic rings. The molecule has 2 heterocycles. The van der Waals surface area contributed by atoms with Crippen LogP contribution in [0.25, 0.3) is 0 Å². The summed E-state index contributed by atoms with van der Waals surface area (Å²) in [4.78, 5) is 11.0. The third-order valence-electron chi connectivity index (χ3n) is 3.63. The zero-order chi connectivity index (χ0) is 13.7. The summed E-state index contributed by atoms with van der Waals surface area (Å²) in [7, 11) is 2.18. The fraction of sp³-hybridized carbons (Fsp3) is 0.714. The Kier molecular flexibility index (Phi) is 4.96. The number of anilines is 1. The molecule has 0 aliphatic carbocycles. The maximum atomic E-state index is 5.52. The molecule has 0 aromatic carbocycles. The standard InChI is InChI=1S/C14H24N4O/c1-4-9-19-13-5-7-15-14(17-13)16-12-6-8-18(3)11(2)10-12/h5,7,11-12H,4,6,8-10H2,1-3H3,(H,15,16,17). The number of aromatic nitrogens is 2. The van der Waals surface area contributed by atoms with Crippen LogP contribution in [0.5, 0.6) is 5.88 Å². The van der Waals surface area contributed by atoms with E-state index < -0.39 is 0 Å². The Labute approximate surface area is 115 Å². The van der Waals surface area contributed by atoms with Crippen molar-refractivity contribution in [2.24, 2.45) is 0 Å². The molecular formula is C14H24N4O. The molecule has 1 aromatic heterocycles. The first-order chi connectivity index (χ1) is 9.19. The second kappa shape index (κ2) is 6.70. The molecule has 2 atom stereocenters. The van der Waals surface area contributed by atoms with Gasteiger partial charge in [-0.1, -0.05) is 6.92 Å². The molecule has 0 spiro atoms. The average Bonchev–Trinajstić information content (AvgIpc) is 2.41. The van der Waals surface area contributed by atoms with Crippen LogP contribution in [0.1, 0.15) is 33.1 Å². The molecule has 5 nitrogen and oxygen atoms in total. The van der Waals surface area contributed by atoms with Gasteiger partial charge in [0, 0.05) is 30.9 Å². The number of nitrogens with one attached hydrogen (secondary N) is 1. The summed E-state index contributed by atoms with van der Waals surface area (Å²) in [6.45, 7) is 6.16. The summed E-state index contributed by atoms with van der Waals surface area (Å²) in [6, 6.07) is 2.86.